The Morgan fingerprint density at radius 3 is 3.00 bits per heavy atom. The van der Waals surface area contributed by atoms with Crippen LogP contribution < -0.4 is 5.73 Å². The van der Waals surface area contributed by atoms with Crippen molar-refractivity contribution >= 4 is 0 Å². The number of nitrogens with zero attached hydrogens (tertiary/aromatic N) is 1. The van der Waals surface area contributed by atoms with Gasteiger partial charge in [0.05, 0.1) is 11.2 Å². The first-order valence-electron chi connectivity index (χ1n) is 4.89. The minimum Gasteiger partial charge on any atom is -0.320 e. The van der Waals surface area contributed by atoms with Gasteiger partial charge in [-0.15, -0.1) is 0 Å². The van der Waals surface area contributed by atoms with Crippen LogP contribution in [0.15, 0.2) is 18.3 Å². The van der Waals surface area contributed by atoms with E-state index in [0.717, 1.165) is 18.5 Å². The van der Waals surface area contributed by atoms with E-state index in [1.54, 1.807) is 0 Å². The Morgan fingerprint density at radius 2 is 2.46 bits per heavy atom. The molecule has 0 radical (unpaired) electrons. The third-order valence-corrected chi connectivity index (χ3v) is 3.10. The van der Waals surface area contributed by atoms with Gasteiger partial charge in [-0.1, -0.05) is 19.4 Å². The summed E-state index contributed by atoms with van der Waals surface area (Å²) in [6.07, 6.45) is 4.09. The molecule has 2 atom stereocenters. The van der Waals surface area contributed by atoms with Gasteiger partial charge in [0.2, 0.25) is 0 Å². The first-order valence-corrected chi connectivity index (χ1v) is 4.89. The molecule has 0 saturated heterocycles. The van der Waals surface area contributed by atoms with Gasteiger partial charge >= 0.3 is 0 Å². The molecule has 0 amide bonds. The summed E-state index contributed by atoms with van der Waals surface area (Å²) in [5, 5.41) is 0. The predicted molar refractivity (Wildman–Crippen MR) is 53.2 cm³/mol. The number of aryl methyl sites for hydroxylation is 1. The standard InChI is InChI=1S/C11H16N2/c1-3-9-7-11(9,12)10-8(2)5-4-6-13-10/h4-6,9H,3,7,12H2,1-2H3. The molecule has 2 rings (SSSR count). The molecule has 1 aliphatic carbocycles. The van der Waals surface area contributed by atoms with Crippen molar-refractivity contribution < 1.29 is 0 Å². The van der Waals surface area contributed by atoms with E-state index in [1.807, 2.05) is 12.3 Å². The molecule has 2 nitrogen and oxygen atoms in total. The Morgan fingerprint density at radius 1 is 1.69 bits per heavy atom. The third kappa shape index (κ3) is 1.25. The molecule has 1 aromatic rings. The summed E-state index contributed by atoms with van der Waals surface area (Å²) < 4.78 is 0. The minimum absolute atomic E-state index is 0.111. The van der Waals surface area contributed by atoms with Crippen LogP contribution in [0.3, 0.4) is 0 Å². The molecule has 1 aliphatic rings. The summed E-state index contributed by atoms with van der Waals surface area (Å²) in [4.78, 5) is 4.39. The number of hydrogen-bond acceptors (Lipinski definition) is 2. The molecule has 2 unspecified atom stereocenters. The Balaban J connectivity index is 2.32. The number of pyridine rings is 1. The topological polar surface area (TPSA) is 38.9 Å². The van der Waals surface area contributed by atoms with Crippen LogP contribution in [-0.4, -0.2) is 4.98 Å². The van der Waals surface area contributed by atoms with Crippen LogP contribution in [0.1, 0.15) is 31.0 Å². The molecule has 1 fully saturated rings. The first-order chi connectivity index (χ1) is 6.18. The maximum atomic E-state index is 6.26. The van der Waals surface area contributed by atoms with Gasteiger partial charge in [-0.2, -0.15) is 0 Å². The second kappa shape index (κ2) is 2.81. The summed E-state index contributed by atoms with van der Waals surface area (Å²) in [6, 6.07) is 4.05. The van der Waals surface area contributed by atoms with Gasteiger partial charge < -0.3 is 5.73 Å². The molecule has 0 aromatic carbocycles. The van der Waals surface area contributed by atoms with Gasteiger partial charge in [0.15, 0.2) is 0 Å². The fourth-order valence-corrected chi connectivity index (χ4v) is 2.12. The largest absolute Gasteiger partial charge is 0.320 e. The quantitative estimate of drug-likeness (QED) is 0.748. The lowest BCUT2D eigenvalue weighted by Crippen LogP contribution is -2.24. The minimum atomic E-state index is -0.111. The lowest BCUT2D eigenvalue weighted by molar-refractivity contribution is 0.594. The molecular weight excluding hydrogens is 160 g/mol. The van der Waals surface area contributed by atoms with E-state index < -0.39 is 0 Å². The molecule has 0 spiro atoms. The zero-order valence-electron chi connectivity index (χ0n) is 8.25. The second-order valence-electron chi connectivity index (χ2n) is 4.02. The predicted octanol–water partition coefficient (Wildman–Crippen LogP) is 1.97. The summed E-state index contributed by atoms with van der Waals surface area (Å²) in [7, 11) is 0. The third-order valence-electron chi connectivity index (χ3n) is 3.10. The van der Waals surface area contributed by atoms with Crippen LogP contribution in [0.4, 0.5) is 0 Å². The van der Waals surface area contributed by atoms with Crippen LogP contribution in [0.2, 0.25) is 0 Å². The van der Waals surface area contributed by atoms with Crippen LogP contribution in [0.5, 0.6) is 0 Å². The second-order valence-corrected chi connectivity index (χ2v) is 4.02. The number of rotatable bonds is 2. The van der Waals surface area contributed by atoms with Crippen LogP contribution >= 0.6 is 0 Å². The van der Waals surface area contributed by atoms with Crippen molar-refractivity contribution in [3.8, 4) is 0 Å². The van der Waals surface area contributed by atoms with Gasteiger partial charge in [-0.25, -0.2) is 0 Å². The van der Waals surface area contributed by atoms with E-state index in [-0.39, 0.29) is 5.54 Å². The van der Waals surface area contributed by atoms with Crippen molar-refractivity contribution in [2.75, 3.05) is 0 Å². The average molecular weight is 176 g/mol. The van der Waals surface area contributed by atoms with Crippen molar-refractivity contribution in [3.63, 3.8) is 0 Å². The Kier molecular flexibility index (Phi) is 1.88. The monoisotopic (exact) mass is 176 g/mol. The maximum absolute atomic E-state index is 6.26. The summed E-state index contributed by atoms with van der Waals surface area (Å²) in [5.41, 5.74) is 8.47. The lowest BCUT2D eigenvalue weighted by Gasteiger charge is -2.12. The fraction of sp³-hybridized carbons (Fsp3) is 0.545. The number of aromatic nitrogens is 1. The SMILES string of the molecule is CCC1CC1(N)c1ncccc1C. The molecule has 0 aliphatic heterocycles. The molecule has 1 aromatic heterocycles. The van der Waals surface area contributed by atoms with Gasteiger partial charge in [-0.3, -0.25) is 4.98 Å². The highest BCUT2D eigenvalue weighted by Crippen LogP contribution is 2.51. The van der Waals surface area contributed by atoms with Gasteiger partial charge in [0.1, 0.15) is 0 Å². The van der Waals surface area contributed by atoms with Crippen molar-refractivity contribution in [1.82, 2.24) is 4.98 Å². The Bertz CT molecular complexity index is 322. The van der Waals surface area contributed by atoms with Crippen molar-refractivity contribution in [1.29, 1.82) is 0 Å². The van der Waals surface area contributed by atoms with E-state index in [1.165, 1.54) is 5.56 Å². The van der Waals surface area contributed by atoms with Crippen LogP contribution in [0.25, 0.3) is 0 Å². The molecule has 2 N–H and O–H groups in total. The molecule has 13 heavy (non-hydrogen) atoms. The molecule has 1 saturated carbocycles. The molecular formula is C11H16N2. The van der Waals surface area contributed by atoms with Crippen molar-refractivity contribution in [3.05, 3.63) is 29.6 Å². The average Bonchev–Trinajstić information content (AvgIpc) is 2.79. The van der Waals surface area contributed by atoms with E-state index in [4.69, 9.17) is 5.73 Å². The Hall–Kier alpha value is -0.890. The van der Waals surface area contributed by atoms with Crippen LogP contribution in [-0.2, 0) is 5.54 Å². The van der Waals surface area contributed by atoms with E-state index in [0.29, 0.717) is 5.92 Å². The Labute approximate surface area is 79.2 Å². The smallest absolute Gasteiger partial charge is 0.0634 e. The molecule has 2 heteroatoms. The highest BCUT2D eigenvalue weighted by molar-refractivity contribution is 5.32. The molecule has 0 bridgehead atoms. The van der Waals surface area contributed by atoms with Gasteiger partial charge in [-0.05, 0) is 30.9 Å². The maximum Gasteiger partial charge on any atom is 0.0634 e. The zero-order valence-corrected chi connectivity index (χ0v) is 8.25. The van der Waals surface area contributed by atoms with E-state index in [9.17, 15) is 0 Å². The lowest BCUT2D eigenvalue weighted by atomic mass is 10.0. The first kappa shape index (κ1) is 8.70. The van der Waals surface area contributed by atoms with Crippen LogP contribution in [0, 0.1) is 12.8 Å². The normalized spacial score (nSPS) is 31.8. The van der Waals surface area contributed by atoms with E-state index >= 15 is 0 Å². The van der Waals surface area contributed by atoms with Gasteiger partial charge in [0.25, 0.3) is 0 Å². The van der Waals surface area contributed by atoms with Crippen molar-refractivity contribution in [2.45, 2.75) is 32.2 Å². The summed E-state index contributed by atoms with van der Waals surface area (Å²) in [5.74, 6) is 0.640. The fourth-order valence-electron chi connectivity index (χ4n) is 2.12. The highest BCUT2D eigenvalue weighted by atomic mass is 14.9. The zero-order chi connectivity index (χ0) is 9.47. The number of hydrogen-bond donors (Lipinski definition) is 1. The number of nitrogens with two attached hydrogens (primary N) is 1. The van der Waals surface area contributed by atoms with Gasteiger partial charge in [0, 0.05) is 6.20 Å². The van der Waals surface area contributed by atoms with E-state index in [2.05, 4.69) is 24.9 Å². The molecule has 70 valence electrons. The molecule has 1 heterocycles. The summed E-state index contributed by atoms with van der Waals surface area (Å²) in [6.45, 7) is 4.28. The summed E-state index contributed by atoms with van der Waals surface area (Å²) >= 11 is 0. The van der Waals surface area contributed by atoms with Crippen molar-refractivity contribution in [2.24, 2.45) is 11.7 Å². The highest BCUT2D eigenvalue weighted by Gasteiger charge is 2.52.